The van der Waals surface area contributed by atoms with Gasteiger partial charge in [-0.15, -0.1) is 4.91 Å². The average Bonchev–Trinajstić information content (AvgIpc) is 2.57. The summed E-state index contributed by atoms with van der Waals surface area (Å²) in [6, 6.07) is 14.0. The Labute approximate surface area is 149 Å². The van der Waals surface area contributed by atoms with E-state index in [1.165, 1.54) is 0 Å². The van der Waals surface area contributed by atoms with Crippen LogP contribution in [-0.2, 0) is 0 Å². The molecule has 0 aliphatic carbocycles. The topological polar surface area (TPSA) is 69.9 Å². The normalized spacial score (nSPS) is 13.3. The standard InChI is InChI=1S/C18H18INO3/c1-2-16(12-3-7-14(21)8-4-12)17(11-18(19)20-23)13-5-9-15(22)10-6-13/h3-10,18,21-22H,2,11H2,1H3/b17-16+. The molecule has 2 rings (SSSR count). The Morgan fingerprint density at radius 3 is 1.78 bits per heavy atom. The maximum atomic E-state index is 10.9. The summed E-state index contributed by atoms with van der Waals surface area (Å²) in [7, 11) is 0. The van der Waals surface area contributed by atoms with Gasteiger partial charge in [-0.1, -0.05) is 59.0 Å². The lowest BCUT2D eigenvalue weighted by Gasteiger charge is -2.16. The third-order valence-electron chi connectivity index (χ3n) is 3.64. The molecule has 0 aliphatic rings. The number of hydrogen-bond donors (Lipinski definition) is 2. The predicted molar refractivity (Wildman–Crippen MR) is 102 cm³/mol. The minimum atomic E-state index is -0.366. The van der Waals surface area contributed by atoms with Gasteiger partial charge in [0.25, 0.3) is 0 Å². The van der Waals surface area contributed by atoms with Crippen molar-refractivity contribution in [1.29, 1.82) is 0 Å². The molecule has 0 amide bonds. The number of phenols is 2. The fourth-order valence-electron chi connectivity index (χ4n) is 2.54. The van der Waals surface area contributed by atoms with Gasteiger partial charge in [-0.05, 0) is 53.0 Å². The van der Waals surface area contributed by atoms with E-state index < -0.39 is 0 Å². The molecular weight excluding hydrogens is 405 g/mol. The molecule has 0 radical (unpaired) electrons. The molecule has 2 N–H and O–H groups in total. The molecular formula is C18H18INO3. The highest BCUT2D eigenvalue weighted by Gasteiger charge is 2.15. The lowest BCUT2D eigenvalue weighted by Crippen LogP contribution is -1.99. The lowest BCUT2D eigenvalue weighted by molar-refractivity contribution is 0.474. The Bertz CT molecular complexity index is 693. The molecule has 0 aliphatic heterocycles. The van der Waals surface area contributed by atoms with Crippen LogP contribution in [0.25, 0.3) is 11.1 Å². The number of nitrogens with zero attached hydrogens (tertiary/aromatic N) is 1. The van der Waals surface area contributed by atoms with E-state index in [0.717, 1.165) is 28.7 Å². The zero-order valence-corrected chi connectivity index (χ0v) is 14.9. The molecule has 4 nitrogen and oxygen atoms in total. The third kappa shape index (κ3) is 4.54. The average molecular weight is 423 g/mol. The first-order chi connectivity index (χ1) is 11.0. The highest BCUT2D eigenvalue weighted by molar-refractivity contribution is 14.1. The highest BCUT2D eigenvalue weighted by atomic mass is 127. The number of nitroso groups, excluding NO2 is 1. The van der Waals surface area contributed by atoms with Gasteiger partial charge in [0.05, 0.1) is 0 Å². The number of phenolic OH excluding ortho intramolecular Hbond substituents is 2. The maximum absolute atomic E-state index is 10.9. The van der Waals surface area contributed by atoms with Gasteiger partial charge in [0, 0.05) is 6.42 Å². The van der Waals surface area contributed by atoms with Crippen LogP contribution >= 0.6 is 22.6 Å². The van der Waals surface area contributed by atoms with E-state index in [1.54, 1.807) is 24.3 Å². The molecule has 0 heterocycles. The van der Waals surface area contributed by atoms with E-state index >= 15 is 0 Å². The second kappa shape index (κ2) is 8.10. The van der Waals surface area contributed by atoms with Crippen LogP contribution in [-0.4, -0.2) is 14.3 Å². The van der Waals surface area contributed by atoms with Crippen LogP contribution < -0.4 is 0 Å². The number of rotatable bonds is 6. The Hall–Kier alpha value is -1.89. The Balaban J connectivity index is 2.57. The summed E-state index contributed by atoms with van der Waals surface area (Å²) in [6.45, 7) is 2.05. The van der Waals surface area contributed by atoms with Gasteiger partial charge in [-0.3, -0.25) is 0 Å². The van der Waals surface area contributed by atoms with Gasteiger partial charge in [0.1, 0.15) is 15.5 Å². The van der Waals surface area contributed by atoms with Crippen molar-refractivity contribution in [1.82, 2.24) is 0 Å². The molecule has 120 valence electrons. The van der Waals surface area contributed by atoms with Crippen LogP contribution in [0, 0.1) is 4.91 Å². The van der Waals surface area contributed by atoms with Crippen LogP contribution in [0.4, 0.5) is 0 Å². The first kappa shape index (κ1) is 17.5. The lowest BCUT2D eigenvalue weighted by atomic mass is 9.91. The first-order valence-electron chi connectivity index (χ1n) is 7.32. The van der Waals surface area contributed by atoms with E-state index in [0.29, 0.717) is 6.42 Å². The molecule has 2 aromatic carbocycles. The van der Waals surface area contributed by atoms with Gasteiger partial charge in [0.15, 0.2) is 0 Å². The van der Waals surface area contributed by atoms with Crippen molar-refractivity contribution in [3.63, 3.8) is 0 Å². The zero-order valence-electron chi connectivity index (χ0n) is 12.7. The summed E-state index contributed by atoms with van der Waals surface area (Å²) in [5.74, 6) is 0.423. The number of aromatic hydroxyl groups is 2. The summed E-state index contributed by atoms with van der Waals surface area (Å²) >= 11 is 2.03. The smallest absolute Gasteiger partial charge is 0.147 e. The second-order valence-electron chi connectivity index (χ2n) is 5.15. The Morgan fingerprint density at radius 2 is 1.39 bits per heavy atom. The number of halogens is 1. The van der Waals surface area contributed by atoms with Crippen LogP contribution in [0.3, 0.4) is 0 Å². The molecule has 1 atom stereocenters. The van der Waals surface area contributed by atoms with Gasteiger partial charge >= 0.3 is 0 Å². The molecule has 0 aromatic heterocycles. The van der Waals surface area contributed by atoms with Crippen molar-refractivity contribution < 1.29 is 10.2 Å². The fraction of sp³-hybridized carbons (Fsp3) is 0.222. The molecule has 0 saturated heterocycles. The number of alkyl halides is 1. The number of hydrogen-bond acceptors (Lipinski definition) is 4. The van der Waals surface area contributed by atoms with Gasteiger partial charge in [-0.25, -0.2) is 0 Å². The van der Waals surface area contributed by atoms with Crippen molar-refractivity contribution in [2.24, 2.45) is 5.18 Å². The van der Waals surface area contributed by atoms with Gasteiger partial charge in [-0.2, -0.15) is 0 Å². The number of allylic oxidation sites excluding steroid dienone is 1. The maximum Gasteiger partial charge on any atom is 0.147 e. The molecule has 5 heteroatoms. The largest absolute Gasteiger partial charge is 0.508 e. The van der Waals surface area contributed by atoms with Crippen molar-refractivity contribution in [3.8, 4) is 11.5 Å². The molecule has 1 unspecified atom stereocenters. The van der Waals surface area contributed by atoms with E-state index in [4.69, 9.17) is 0 Å². The van der Waals surface area contributed by atoms with Crippen LogP contribution in [0.2, 0.25) is 0 Å². The van der Waals surface area contributed by atoms with Crippen molar-refractivity contribution >= 4 is 33.7 Å². The predicted octanol–water partition coefficient (Wildman–Crippen LogP) is 5.34. The quantitative estimate of drug-likeness (QED) is 0.217. The Kier molecular flexibility index (Phi) is 6.15. The Morgan fingerprint density at radius 1 is 0.957 bits per heavy atom. The van der Waals surface area contributed by atoms with Crippen LogP contribution in [0.5, 0.6) is 11.5 Å². The van der Waals surface area contributed by atoms with E-state index in [9.17, 15) is 15.1 Å². The molecule has 23 heavy (non-hydrogen) atoms. The minimum Gasteiger partial charge on any atom is -0.508 e. The van der Waals surface area contributed by atoms with E-state index in [2.05, 4.69) is 12.1 Å². The summed E-state index contributed by atoms with van der Waals surface area (Å²) < 4.78 is -0.366. The zero-order chi connectivity index (χ0) is 16.8. The first-order valence-corrected chi connectivity index (χ1v) is 8.57. The molecule has 0 bridgehead atoms. The molecule has 0 saturated carbocycles. The SMILES string of the molecule is CC/C(=C(/CC(I)N=O)c1ccc(O)cc1)c1ccc(O)cc1. The van der Waals surface area contributed by atoms with Gasteiger partial charge in [0.2, 0.25) is 0 Å². The minimum absolute atomic E-state index is 0.204. The van der Waals surface area contributed by atoms with Crippen LogP contribution in [0.1, 0.15) is 30.9 Å². The van der Waals surface area contributed by atoms with Crippen molar-refractivity contribution in [2.75, 3.05) is 0 Å². The molecule has 0 spiro atoms. The van der Waals surface area contributed by atoms with E-state index in [1.807, 2.05) is 46.9 Å². The van der Waals surface area contributed by atoms with Gasteiger partial charge < -0.3 is 10.2 Å². The van der Waals surface area contributed by atoms with Crippen molar-refractivity contribution in [3.05, 3.63) is 64.6 Å². The summed E-state index contributed by atoms with van der Waals surface area (Å²) in [5, 5.41) is 22.1. The molecule has 2 aromatic rings. The molecule has 0 fully saturated rings. The monoisotopic (exact) mass is 423 g/mol. The summed E-state index contributed by atoms with van der Waals surface area (Å²) in [6.07, 6.45) is 1.29. The second-order valence-corrected chi connectivity index (χ2v) is 6.59. The summed E-state index contributed by atoms with van der Waals surface area (Å²) in [5.41, 5.74) is 4.08. The third-order valence-corrected chi connectivity index (χ3v) is 4.30. The van der Waals surface area contributed by atoms with E-state index in [-0.39, 0.29) is 15.5 Å². The van der Waals surface area contributed by atoms with Crippen LogP contribution in [0.15, 0.2) is 53.7 Å². The number of benzene rings is 2. The summed E-state index contributed by atoms with van der Waals surface area (Å²) in [4.78, 5) is 10.9. The highest BCUT2D eigenvalue weighted by Crippen LogP contribution is 2.35. The van der Waals surface area contributed by atoms with Crippen molar-refractivity contribution in [2.45, 2.75) is 23.8 Å². The fourth-order valence-corrected chi connectivity index (χ4v) is 2.98.